The molecule has 1 aliphatic heterocycles. The Morgan fingerprint density at radius 3 is 2.71 bits per heavy atom. The largest absolute Gasteiger partial charge is 0.490 e. The minimum Gasteiger partial charge on any atom is -0.490 e. The zero-order chi connectivity index (χ0) is 17.1. The molecule has 1 aromatic heterocycles. The van der Waals surface area contributed by atoms with Crippen LogP contribution in [0.3, 0.4) is 0 Å². The van der Waals surface area contributed by atoms with Gasteiger partial charge in [-0.15, -0.1) is 0 Å². The first kappa shape index (κ1) is 16.9. The molecule has 1 saturated heterocycles. The minimum atomic E-state index is 0.0256. The van der Waals surface area contributed by atoms with E-state index in [0.29, 0.717) is 25.0 Å². The molecule has 0 spiro atoms. The molecule has 2 unspecified atom stereocenters. The summed E-state index contributed by atoms with van der Waals surface area (Å²) in [6, 6.07) is 1.90. The SMILES string of the molecule is Cc1cnccc1OC1CCN(C(=O)C2CCC(=O)C(C)C2)CC1. The molecule has 2 aliphatic rings. The highest BCUT2D eigenvalue weighted by atomic mass is 16.5. The van der Waals surface area contributed by atoms with Crippen LogP contribution in [0.5, 0.6) is 5.75 Å². The number of nitrogens with zero attached hydrogens (tertiary/aromatic N) is 2. The van der Waals surface area contributed by atoms with Gasteiger partial charge in [0.05, 0.1) is 0 Å². The lowest BCUT2D eigenvalue weighted by atomic mass is 9.80. The molecular weight excluding hydrogens is 304 g/mol. The minimum absolute atomic E-state index is 0.0256. The van der Waals surface area contributed by atoms with Crippen molar-refractivity contribution in [2.75, 3.05) is 13.1 Å². The van der Waals surface area contributed by atoms with Gasteiger partial charge in [-0.1, -0.05) is 6.92 Å². The summed E-state index contributed by atoms with van der Waals surface area (Å²) in [6.45, 7) is 5.42. The quantitative estimate of drug-likeness (QED) is 0.855. The fraction of sp³-hybridized carbons (Fsp3) is 0.632. The Kier molecular flexibility index (Phi) is 5.17. The number of hydrogen-bond donors (Lipinski definition) is 0. The van der Waals surface area contributed by atoms with Crippen molar-refractivity contribution in [2.45, 2.75) is 52.1 Å². The molecule has 2 heterocycles. The van der Waals surface area contributed by atoms with Gasteiger partial charge >= 0.3 is 0 Å². The Bertz CT molecular complexity index is 608. The number of likely N-dealkylation sites (tertiary alicyclic amines) is 1. The predicted octanol–water partition coefficient (Wildman–Crippen LogP) is 2.77. The highest BCUT2D eigenvalue weighted by Crippen LogP contribution is 2.29. The van der Waals surface area contributed by atoms with E-state index in [1.165, 1.54) is 0 Å². The van der Waals surface area contributed by atoms with Crippen LogP contribution < -0.4 is 4.74 Å². The molecule has 0 N–H and O–H groups in total. The Hall–Kier alpha value is -1.91. The molecule has 0 bridgehead atoms. The Balaban J connectivity index is 1.51. The first-order valence-electron chi connectivity index (χ1n) is 8.93. The van der Waals surface area contributed by atoms with Gasteiger partial charge in [-0.25, -0.2) is 0 Å². The molecule has 1 amide bonds. The number of pyridine rings is 1. The normalized spacial score (nSPS) is 25.6. The van der Waals surface area contributed by atoms with Gasteiger partial charge < -0.3 is 9.64 Å². The number of rotatable bonds is 3. The van der Waals surface area contributed by atoms with Crippen molar-refractivity contribution in [2.24, 2.45) is 11.8 Å². The molecule has 5 heteroatoms. The maximum absolute atomic E-state index is 12.7. The molecule has 5 nitrogen and oxygen atoms in total. The van der Waals surface area contributed by atoms with Crippen LogP contribution >= 0.6 is 0 Å². The Labute approximate surface area is 143 Å². The van der Waals surface area contributed by atoms with Gasteiger partial charge in [-0.2, -0.15) is 0 Å². The zero-order valence-corrected chi connectivity index (χ0v) is 14.5. The van der Waals surface area contributed by atoms with E-state index in [1.807, 2.05) is 24.8 Å². The lowest BCUT2D eigenvalue weighted by molar-refractivity contribution is -0.140. The van der Waals surface area contributed by atoms with Gasteiger partial charge in [0, 0.05) is 62.1 Å². The third kappa shape index (κ3) is 3.77. The van der Waals surface area contributed by atoms with E-state index in [9.17, 15) is 9.59 Å². The van der Waals surface area contributed by atoms with Crippen LogP contribution in [0.2, 0.25) is 0 Å². The fourth-order valence-electron chi connectivity index (χ4n) is 3.69. The van der Waals surface area contributed by atoms with Crippen LogP contribution in [0.1, 0.15) is 44.6 Å². The second kappa shape index (κ2) is 7.32. The van der Waals surface area contributed by atoms with Gasteiger partial charge in [0.15, 0.2) is 0 Å². The lowest BCUT2D eigenvalue weighted by Crippen LogP contribution is -2.45. The summed E-state index contributed by atoms with van der Waals surface area (Å²) in [6.07, 6.45) is 7.40. The van der Waals surface area contributed by atoms with E-state index in [0.717, 1.165) is 37.2 Å². The highest BCUT2D eigenvalue weighted by molar-refractivity contribution is 5.86. The summed E-state index contributed by atoms with van der Waals surface area (Å²) < 4.78 is 6.07. The summed E-state index contributed by atoms with van der Waals surface area (Å²) in [5, 5.41) is 0. The van der Waals surface area contributed by atoms with Crippen molar-refractivity contribution in [3.05, 3.63) is 24.0 Å². The molecule has 0 aromatic carbocycles. The number of ketones is 1. The second-order valence-corrected chi connectivity index (χ2v) is 7.12. The topological polar surface area (TPSA) is 59.5 Å². The van der Waals surface area contributed by atoms with Crippen LogP contribution in [-0.4, -0.2) is 40.8 Å². The van der Waals surface area contributed by atoms with Crippen molar-refractivity contribution >= 4 is 11.7 Å². The number of amides is 1. The van der Waals surface area contributed by atoms with Crippen LogP contribution in [0, 0.1) is 18.8 Å². The fourth-order valence-corrected chi connectivity index (χ4v) is 3.69. The number of carbonyl (C=O) groups is 2. The smallest absolute Gasteiger partial charge is 0.225 e. The van der Waals surface area contributed by atoms with Gasteiger partial charge in [0.1, 0.15) is 17.6 Å². The first-order valence-corrected chi connectivity index (χ1v) is 8.93. The van der Waals surface area contributed by atoms with E-state index in [4.69, 9.17) is 4.74 Å². The van der Waals surface area contributed by atoms with Crippen molar-refractivity contribution < 1.29 is 14.3 Å². The molecule has 130 valence electrons. The maximum Gasteiger partial charge on any atom is 0.225 e. The molecule has 1 saturated carbocycles. The third-order valence-electron chi connectivity index (χ3n) is 5.29. The molecule has 3 rings (SSSR count). The number of carbonyl (C=O) groups excluding carboxylic acids is 2. The van der Waals surface area contributed by atoms with Crippen LogP contribution in [0.4, 0.5) is 0 Å². The van der Waals surface area contributed by atoms with Gasteiger partial charge in [0.2, 0.25) is 5.91 Å². The van der Waals surface area contributed by atoms with E-state index in [1.54, 1.807) is 12.4 Å². The number of ether oxygens (including phenoxy) is 1. The van der Waals surface area contributed by atoms with E-state index >= 15 is 0 Å². The van der Waals surface area contributed by atoms with Crippen molar-refractivity contribution in [3.8, 4) is 5.75 Å². The summed E-state index contributed by atoms with van der Waals surface area (Å²) in [4.78, 5) is 30.4. The maximum atomic E-state index is 12.7. The lowest BCUT2D eigenvalue weighted by Gasteiger charge is -2.36. The number of aromatic nitrogens is 1. The number of aryl methyl sites for hydroxylation is 1. The van der Waals surface area contributed by atoms with E-state index < -0.39 is 0 Å². The van der Waals surface area contributed by atoms with Crippen molar-refractivity contribution in [1.82, 2.24) is 9.88 Å². The van der Waals surface area contributed by atoms with Crippen LogP contribution in [0.25, 0.3) is 0 Å². The molecule has 1 aromatic rings. The van der Waals surface area contributed by atoms with Crippen LogP contribution in [0.15, 0.2) is 18.5 Å². The number of piperidine rings is 1. The summed E-state index contributed by atoms with van der Waals surface area (Å²) in [5.74, 6) is 1.47. The highest BCUT2D eigenvalue weighted by Gasteiger charge is 2.34. The average molecular weight is 330 g/mol. The second-order valence-electron chi connectivity index (χ2n) is 7.12. The molecular formula is C19H26N2O3. The monoisotopic (exact) mass is 330 g/mol. The van der Waals surface area contributed by atoms with Crippen molar-refractivity contribution in [3.63, 3.8) is 0 Å². The third-order valence-corrected chi connectivity index (χ3v) is 5.29. The zero-order valence-electron chi connectivity index (χ0n) is 14.5. The molecule has 2 atom stereocenters. The first-order chi connectivity index (χ1) is 11.5. The molecule has 24 heavy (non-hydrogen) atoms. The van der Waals surface area contributed by atoms with Gasteiger partial charge in [-0.3, -0.25) is 14.6 Å². The van der Waals surface area contributed by atoms with E-state index in [2.05, 4.69) is 4.98 Å². The Morgan fingerprint density at radius 2 is 2.04 bits per heavy atom. The molecule has 0 radical (unpaired) electrons. The number of hydrogen-bond acceptors (Lipinski definition) is 4. The summed E-state index contributed by atoms with van der Waals surface area (Å²) >= 11 is 0. The Morgan fingerprint density at radius 1 is 1.29 bits per heavy atom. The molecule has 1 aliphatic carbocycles. The summed E-state index contributed by atoms with van der Waals surface area (Å²) in [7, 11) is 0. The van der Waals surface area contributed by atoms with Crippen LogP contribution in [-0.2, 0) is 9.59 Å². The average Bonchev–Trinajstić information content (AvgIpc) is 2.59. The van der Waals surface area contributed by atoms with Gasteiger partial charge in [-0.05, 0) is 25.8 Å². The number of Topliss-reactive ketones (excluding diaryl/α,β-unsaturated/α-hetero) is 1. The molecule has 2 fully saturated rings. The van der Waals surface area contributed by atoms with E-state index in [-0.39, 0.29) is 23.8 Å². The summed E-state index contributed by atoms with van der Waals surface area (Å²) in [5.41, 5.74) is 1.04. The predicted molar refractivity (Wildman–Crippen MR) is 90.7 cm³/mol. The van der Waals surface area contributed by atoms with Gasteiger partial charge in [0.25, 0.3) is 0 Å². The standard InChI is InChI=1S/C19H26N2O3/c1-13-11-15(3-4-17(13)22)19(23)21-9-6-16(7-10-21)24-18-5-8-20-12-14(18)2/h5,8,12-13,15-16H,3-4,6-7,9-11H2,1-2H3. The van der Waals surface area contributed by atoms with Crippen molar-refractivity contribution in [1.29, 1.82) is 0 Å².